The number of aryl methyl sites for hydroxylation is 2. The summed E-state index contributed by atoms with van der Waals surface area (Å²) in [6, 6.07) is 8.75. The lowest BCUT2D eigenvalue weighted by atomic mass is 9.98. The Labute approximate surface area is 263 Å². The summed E-state index contributed by atoms with van der Waals surface area (Å²) < 4.78 is 56.5. The minimum atomic E-state index is -4.74. The molecule has 0 atom stereocenters. The number of rotatable bonds is 12. The number of imidazole rings is 1. The fourth-order valence-electron chi connectivity index (χ4n) is 5.35. The lowest BCUT2D eigenvalue weighted by Crippen LogP contribution is -2.24. The highest BCUT2D eigenvalue weighted by Gasteiger charge is 2.38. The number of anilines is 1. The van der Waals surface area contributed by atoms with Crippen LogP contribution in [0, 0.1) is 0 Å². The highest BCUT2D eigenvalue weighted by molar-refractivity contribution is 6.06. The molecule has 3 heterocycles. The zero-order valence-corrected chi connectivity index (χ0v) is 25.8. The van der Waals surface area contributed by atoms with E-state index in [1.807, 2.05) is 31.0 Å². The van der Waals surface area contributed by atoms with Gasteiger partial charge in [-0.3, -0.25) is 14.5 Å². The van der Waals surface area contributed by atoms with Gasteiger partial charge in [0.1, 0.15) is 12.4 Å². The van der Waals surface area contributed by atoms with Crippen LogP contribution in [0.1, 0.15) is 51.4 Å². The number of aldehydes is 1. The summed E-state index contributed by atoms with van der Waals surface area (Å²) in [4.78, 5) is 35.4. The molecule has 0 spiro atoms. The van der Waals surface area contributed by atoms with Crippen molar-refractivity contribution < 1.29 is 32.2 Å². The lowest BCUT2D eigenvalue weighted by molar-refractivity contribution is -0.141. The molecule has 0 saturated carbocycles. The monoisotopic (exact) mass is 634 g/mol. The van der Waals surface area contributed by atoms with Crippen molar-refractivity contribution in [1.29, 1.82) is 0 Å². The minimum absolute atomic E-state index is 0.0220. The molecule has 0 aliphatic heterocycles. The Morgan fingerprint density at radius 1 is 1.09 bits per heavy atom. The molecule has 0 bridgehead atoms. The van der Waals surface area contributed by atoms with E-state index < -0.39 is 17.8 Å². The van der Waals surface area contributed by atoms with E-state index in [1.54, 1.807) is 54.6 Å². The second-order valence-corrected chi connectivity index (χ2v) is 10.7. The topological polar surface area (TPSA) is 104 Å². The zero-order chi connectivity index (χ0) is 33.0. The standard InChI is InChI=1S/C33H33F3N6O4/c1-5-21-14-25-28(7-8-38-29(25)26(15-21)32(44)45-6-2)40(3)11-12-46-30-23(19-43)13-22(17-42-10-9-37-20-42)16-24(30)27-18-41(4)39-31(27)33(34,35)36/h7-10,13-16,18-20H,5-6,11-12,17H2,1-4H3. The molecule has 13 heteroatoms. The van der Waals surface area contributed by atoms with Gasteiger partial charge in [0.25, 0.3) is 0 Å². The highest BCUT2D eigenvalue weighted by atomic mass is 19.4. The molecule has 0 saturated heterocycles. The number of hydrogen-bond acceptors (Lipinski definition) is 8. The maximum atomic E-state index is 14.1. The molecule has 5 rings (SSSR count). The Hall–Kier alpha value is -5.20. The number of carbonyl (C=O) groups excluding carboxylic acids is 2. The molecule has 0 N–H and O–H groups in total. The van der Waals surface area contributed by atoms with Crippen LogP contribution in [0.25, 0.3) is 22.0 Å². The fraction of sp³-hybridized carbons (Fsp3) is 0.303. The Morgan fingerprint density at radius 3 is 2.57 bits per heavy atom. The molecule has 0 amide bonds. The third kappa shape index (κ3) is 6.72. The summed E-state index contributed by atoms with van der Waals surface area (Å²) in [7, 11) is 3.24. The fourth-order valence-corrected chi connectivity index (χ4v) is 5.35. The molecule has 0 aliphatic rings. The van der Waals surface area contributed by atoms with Crippen LogP contribution in [0.5, 0.6) is 5.75 Å². The van der Waals surface area contributed by atoms with Gasteiger partial charge in [-0.25, -0.2) is 9.78 Å². The van der Waals surface area contributed by atoms with E-state index in [-0.39, 0.29) is 48.7 Å². The Kier molecular flexibility index (Phi) is 9.40. The first kappa shape index (κ1) is 32.2. The van der Waals surface area contributed by atoms with Crippen molar-refractivity contribution in [2.24, 2.45) is 7.05 Å². The number of fused-ring (bicyclic) bond motifs is 1. The van der Waals surface area contributed by atoms with E-state index in [4.69, 9.17) is 9.47 Å². The average molecular weight is 635 g/mol. The lowest BCUT2D eigenvalue weighted by Gasteiger charge is -2.23. The van der Waals surface area contributed by atoms with Crippen molar-refractivity contribution >= 4 is 28.8 Å². The molecule has 240 valence electrons. The van der Waals surface area contributed by atoms with Gasteiger partial charge in [0.05, 0.1) is 36.1 Å². The van der Waals surface area contributed by atoms with Gasteiger partial charge in [-0.15, -0.1) is 0 Å². The van der Waals surface area contributed by atoms with Crippen LogP contribution >= 0.6 is 0 Å². The number of carbonyl (C=O) groups is 2. The predicted molar refractivity (Wildman–Crippen MR) is 166 cm³/mol. The number of aromatic nitrogens is 5. The first-order valence-corrected chi connectivity index (χ1v) is 14.7. The van der Waals surface area contributed by atoms with E-state index in [9.17, 15) is 22.8 Å². The van der Waals surface area contributed by atoms with Crippen LogP contribution < -0.4 is 9.64 Å². The van der Waals surface area contributed by atoms with Crippen molar-refractivity contribution in [2.75, 3.05) is 31.7 Å². The number of alkyl halides is 3. The molecule has 2 aromatic carbocycles. The summed E-state index contributed by atoms with van der Waals surface area (Å²) >= 11 is 0. The molecule has 5 aromatic rings. The molecule has 0 aliphatic carbocycles. The molecule has 0 radical (unpaired) electrons. The number of benzene rings is 2. The van der Waals surface area contributed by atoms with Crippen molar-refractivity contribution in [3.8, 4) is 16.9 Å². The van der Waals surface area contributed by atoms with Crippen LogP contribution in [-0.4, -0.2) is 63.4 Å². The summed E-state index contributed by atoms with van der Waals surface area (Å²) in [5.41, 5.74) is 2.08. The van der Waals surface area contributed by atoms with Gasteiger partial charge in [-0.1, -0.05) is 6.92 Å². The minimum Gasteiger partial charge on any atom is -0.490 e. The first-order valence-electron chi connectivity index (χ1n) is 14.7. The average Bonchev–Trinajstić information content (AvgIpc) is 3.70. The molecular formula is C33H33F3N6O4. The zero-order valence-electron chi connectivity index (χ0n) is 25.8. The summed E-state index contributed by atoms with van der Waals surface area (Å²) in [5, 5.41) is 4.41. The van der Waals surface area contributed by atoms with Gasteiger partial charge in [0.2, 0.25) is 0 Å². The Morgan fingerprint density at radius 2 is 1.89 bits per heavy atom. The highest BCUT2D eigenvalue weighted by Crippen LogP contribution is 2.41. The number of ether oxygens (including phenoxy) is 2. The van der Waals surface area contributed by atoms with Crippen LogP contribution in [0.3, 0.4) is 0 Å². The second kappa shape index (κ2) is 13.4. The van der Waals surface area contributed by atoms with Crippen LogP contribution in [0.2, 0.25) is 0 Å². The maximum absolute atomic E-state index is 14.1. The summed E-state index contributed by atoms with van der Waals surface area (Å²) in [5.74, 6) is -0.439. The van der Waals surface area contributed by atoms with E-state index >= 15 is 0 Å². The van der Waals surface area contributed by atoms with E-state index in [0.717, 1.165) is 21.3 Å². The third-order valence-electron chi connectivity index (χ3n) is 7.49. The van der Waals surface area contributed by atoms with Crippen molar-refractivity contribution in [2.45, 2.75) is 33.0 Å². The molecule has 0 fully saturated rings. The number of likely N-dealkylation sites (N-methyl/N-ethyl adjacent to an activating group) is 1. The molecule has 3 aromatic heterocycles. The number of halogens is 3. The van der Waals surface area contributed by atoms with Gasteiger partial charge in [-0.05, 0) is 54.8 Å². The summed E-state index contributed by atoms with van der Waals surface area (Å²) in [6.45, 7) is 4.54. The van der Waals surface area contributed by atoms with Crippen LogP contribution in [0.15, 0.2) is 61.4 Å². The van der Waals surface area contributed by atoms with E-state index in [0.29, 0.717) is 29.4 Å². The second-order valence-electron chi connectivity index (χ2n) is 10.7. The van der Waals surface area contributed by atoms with Gasteiger partial charge in [0, 0.05) is 67.6 Å². The smallest absolute Gasteiger partial charge is 0.435 e. The summed E-state index contributed by atoms with van der Waals surface area (Å²) in [6.07, 6.45) is 4.27. The molecule has 10 nitrogen and oxygen atoms in total. The van der Waals surface area contributed by atoms with E-state index in [1.165, 1.54) is 13.2 Å². The third-order valence-corrected chi connectivity index (χ3v) is 7.49. The normalized spacial score (nSPS) is 11.5. The van der Waals surface area contributed by atoms with Crippen LogP contribution in [0.4, 0.5) is 18.9 Å². The number of hydrogen-bond donors (Lipinski definition) is 0. The molecular weight excluding hydrogens is 601 g/mol. The van der Waals surface area contributed by atoms with Gasteiger partial charge >= 0.3 is 12.1 Å². The van der Waals surface area contributed by atoms with Crippen molar-refractivity contribution in [1.82, 2.24) is 24.3 Å². The van der Waals surface area contributed by atoms with Crippen molar-refractivity contribution in [3.05, 3.63) is 89.4 Å². The quantitative estimate of drug-likeness (QED) is 0.122. The van der Waals surface area contributed by atoms with E-state index in [2.05, 4.69) is 15.1 Å². The SMILES string of the molecule is CCOC(=O)c1cc(CC)cc2c(N(C)CCOc3c(C=O)cc(Cn4ccnc4)cc3-c3cn(C)nc3C(F)(F)F)ccnc12. The van der Waals surface area contributed by atoms with Gasteiger partial charge in [0.15, 0.2) is 12.0 Å². The first-order chi connectivity index (χ1) is 22.0. The predicted octanol–water partition coefficient (Wildman–Crippen LogP) is 5.97. The largest absolute Gasteiger partial charge is 0.490 e. The number of esters is 1. The van der Waals surface area contributed by atoms with Crippen molar-refractivity contribution in [3.63, 3.8) is 0 Å². The Bertz CT molecular complexity index is 1870. The van der Waals surface area contributed by atoms with Crippen LogP contribution in [-0.2, 0) is 30.9 Å². The molecule has 46 heavy (non-hydrogen) atoms. The maximum Gasteiger partial charge on any atom is 0.435 e. The Balaban J connectivity index is 1.49. The van der Waals surface area contributed by atoms with Gasteiger partial charge in [-0.2, -0.15) is 18.3 Å². The number of nitrogens with zero attached hydrogens (tertiary/aromatic N) is 6. The number of pyridine rings is 1. The van der Waals surface area contributed by atoms with Gasteiger partial charge < -0.3 is 18.9 Å². The molecule has 0 unspecified atom stereocenters.